The zero-order valence-electron chi connectivity index (χ0n) is 12.0. The molecular weight excluding hydrogens is 235 g/mol. The molecule has 0 heterocycles. The molecule has 0 spiro atoms. The van der Waals surface area contributed by atoms with Crippen LogP contribution in [0.1, 0.15) is 40.0 Å². The second kappa shape index (κ2) is 7.34. The highest BCUT2D eigenvalue weighted by atomic mass is 19.1. The van der Waals surface area contributed by atoms with Gasteiger partial charge in [-0.3, -0.25) is 9.59 Å². The number of alkyl halides is 1. The van der Waals surface area contributed by atoms with Gasteiger partial charge in [-0.25, -0.2) is 4.39 Å². The number of amides is 2. The second-order valence-corrected chi connectivity index (χ2v) is 5.52. The van der Waals surface area contributed by atoms with Gasteiger partial charge in [-0.2, -0.15) is 0 Å². The van der Waals surface area contributed by atoms with E-state index in [1.165, 1.54) is 4.90 Å². The molecule has 18 heavy (non-hydrogen) atoms. The van der Waals surface area contributed by atoms with Crippen LogP contribution in [0, 0.1) is 5.92 Å². The van der Waals surface area contributed by atoms with Crippen LogP contribution in [-0.2, 0) is 9.59 Å². The van der Waals surface area contributed by atoms with Gasteiger partial charge in [-0.15, -0.1) is 0 Å². The van der Waals surface area contributed by atoms with Crippen LogP contribution in [0.3, 0.4) is 0 Å². The zero-order valence-corrected chi connectivity index (χ0v) is 12.0. The Morgan fingerprint density at radius 1 is 1.28 bits per heavy atom. The molecule has 2 amide bonds. The first-order valence-electron chi connectivity index (χ1n) is 6.36. The average Bonchev–Trinajstić information content (AvgIpc) is 2.20. The van der Waals surface area contributed by atoms with Crippen molar-refractivity contribution in [2.75, 3.05) is 20.6 Å². The zero-order chi connectivity index (χ0) is 14.3. The molecule has 0 aromatic heterocycles. The second-order valence-electron chi connectivity index (χ2n) is 5.52. The minimum absolute atomic E-state index is 0.127. The van der Waals surface area contributed by atoms with Gasteiger partial charge >= 0.3 is 0 Å². The van der Waals surface area contributed by atoms with Crippen molar-refractivity contribution in [1.82, 2.24) is 10.2 Å². The van der Waals surface area contributed by atoms with Gasteiger partial charge in [0, 0.05) is 14.1 Å². The summed E-state index contributed by atoms with van der Waals surface area (Å²) in [6, 6.07) is 0. The summed E-state index contributed by atoms with van der Waals surface area (Å²) in [5.41, 5.74) is -1.72. The molecule has 0 aromatic carbocycles. The Bertz CT molecular complexity index is 284. The van der Waals surface area contributed by atoms with Crippen molar-refractivity contribution in [2.24, 2.45) is 5.92 Å². The van der Waals surface area contributed by atoms with Crippen LogP contribution in [0.5, 0.6) is 0 Å². The molecule has 0 aromatic rings. The maximum Gasteiger partial charge on any atom is 0.258 e. The molecule has 0 saturated heterocycles. The lowest BCUT2D eigenvalue weighted by molar-refractivity contribution is -0.140. The molecule has 4 nitrogen and oxygen atoms in total. The van der Waals surface area contributed by atoms with E-state index in [2.05, 4.69) is 26.1 Å². The molecule has 0 unspecified atom stereocenters. The van der Waals surface area contributed by atoms with Crippen molar-refractivity contribution in [3.05, 3.63) is 0 Å². The topological polar surface area (TPSA) is 49.4 Å². The van der Waals surface area contributed by atoms with Crippen LogP contribution < -0.4 is 5.32 Å². The maximum atomic E-state index is 13.4. The van der Waals surface area contributed by atoms with E-state index in [9.17, 15) is 14.0 Å². The normalized spacial score (nSPS) is 16.2. The Labute approximate surface area is 109 Å². The molecule has 1 aliphatic carbocycles. The van der Waals surface area contributed by atoms with Gasteiger partial charge in [0.25, 0.3) is 5.91 Å². The highest BCUT2D eigenvalue weighted by molar-refractivity contribution is 5.89. The van der Waals surface area contributed by atoms with Gasteiger partial charge in [0.2, 0.25) is 5.91 Å². The fourth-order valence-corrected chi connectivity index (χ4v) is 1.19. The lowest BCUT2D eigenvalue weighted by atomic mass is 9.81. The number of carbonyl (C=O) groups is 2. The molecule has 1 N–H and O–H groups in total. The first-order valence-corrected chi connectivity index (χ1v) is 6.36. The number of nitrogens with one attached hydrogen (secondary N) is 1. The number of hydrogen-bond acceptors (Lipinski definition) is 2. The maximum absolute atomic E-state index is 13.4. The van der Waals surface area contributed by atoms with E-state index in [4.69, 9.17) is 0 Å². The lowest BCUT2D eigenvalue weighted by Crippen LogP contribution is -2.50. The first kappa shape index (κ1) is 16.9. The lowest BCUT2D eigenvalue weighted by Gasteiger charge is -2.31. The third-order valence-corrected chi connectivity index (χ3v) is 2.45. The summed E-state index contributed by atoms with van der Waals surface area (Å²) in [5.74, 6) is -0.0553. The van der Waals surface area contributed by atoms with Gasteiger partial charge in [0.05, 0.1) is 6.54 Å². The van der Waals surface area contributed by atoms with E-state index < -0.39 is 11.6 Å². The number of hydrogen-bond donors (Lipinski definition) is 1. The van der Waals surface area contributed by atoms with Gasteiger partial charge in [-0.1, -0.05) is 20.8 Å². The molecule has 0 bridgehead atoms. The van der Waals surface area contributed by atoms with Crippen LogP contribution in [0.4, 0.5) is 4.39 Å². The largest absolute Gasteiger partial charge is 0.347 e. The highest BCUT2D eigenvalue weighted by Crippen LogP contribution is 2.35. The number of nitrogens with zero attached hydrogens (tertiary/aromatic N) is 1. The van der Waals surface area contributed by atoms with E-state index in [0.29, 0.717) is 0 Å². The number of likely N-dealkylation sites (N-methyl/N-ethyl adjacent to an activating group) is 1. The Morgan fingerprint density at radius 3 is 2.00 bits per heavy atom. The highest BCUT2D eigenvalue weighted by Gasteiger charge is 2.44. The molecule has 1 saturated carbocycles. The quantitative estimate of drug-likeness (QED) is 0.840. The average molecular weight is 260 g/mol. The summed E-state index contributed by atoms with van der Waals surface area (Å²) in [6.07, 6.45) is 1.29. The summed E-state index contributed by atoms with van der Waals surface area (Å²) in [7, 11) is 3.17. The van der Waals surface area contributed by atoms with Crippen molar-refractivity contribution in [3.63, 3.8) is 0 Å². The van der Waals surface area contributed by atoms with Crippen molar-refractivity contribution >= 4 is 11.8 Å². The third-order valence-electron chi connectivity index (χ3n) is 2.45. The Kier molecular flexibility index (Phi) is 6.88. The minimum Gasteiger partial charge on any atom is -0.347 e. The van der Waals surface area contributed by atoms with E-state index >= 15 is 0 Å². The predicted octanol–water partition coefficient (Wildman–Crippen LogP) is 1.75. The molecular formula is C13H25FN2O2. The third kappa shape index (κ3) is 5.98. The Balaban J connectivity index is 0.000000631. The molecule has 106 valence electrons. The molecule has 5 heteroatoms. The molecule has 1 rings (SSSR count). The molecule has 0 radical (unpaired) electrons. The van der Waals surface area contributed by atoms with Gasteiger partial charge < -0.3 is 10.2 Å². The van der Waals surface area contributed by atoms with Gasteiger partial charge in [0.1, 0.15) is 0 Å². The fraction of sp³-hybridized carbons (Fsp3) is 0.846. The van der Waals surface area contributed by atoms with Gasteiger partial charge in [0.15, 0.2) is 5.67 Å². The summed E-state index contributed by atoms with van der Waals surface area (Å²) in [6.45, 7) is 6.37. The van der Waals surface area contributed by atoms with Crippen molar-refractivity contribution in [3.8, 4) is 0 Å². The fourth-order valence-electron chi connectivity index (χ4n) is 1.19. The van der Waals surface area contributed by atoms with E-state index in [0.717, 1.165) is 12.3 Å². The molecule has 1 aliphatic rings. The molecule has 1 fully saturated rings. The minimum atomic E-state index is -1.72. The van der Waals surface area contributed by atoms with Crippen molar-refractivity contribution in [1.29, 1.82) is 0 Å². The summed E-state index contributed by atoms with van der Waals surface area (Å²) >= 11 is 0. The smallest absolute Gasteiger partial charge is 0.258 e. The first-order chi connectivity index (χ1) is 8.19. The SMILES string of the molecule is CC(C)C.CN(C)C(=O)CNC(=O)C1(F)CCC1. The van der Waals surface area contributed by atoms with Crippen LogP contribution in [0.25, 0.3) is 0 Å². The molecule has 0 aliphatic heterocycles. The summed E-state index contributed by atoms with van der Waals surface area (Å²) in [5, 5.41) is 2.30. The van der Waals surface area contributed by atoms with E-state index in [1.54, 1.807) is 14.1 Å². The van der Waals surface area contributed by atoms with Crippen molar-refractivity contribution < 1.29 is 14.0 Å². The van der Waals surface area contributed by atoms with Crippen LogP contribution in [-0.4, -0.2) is 43.0 Å². The number of rotatable bonds is 3. The Hall–Kier alpha value is -1.13. The van der Waals surface area contributed by atoms with Gasteiger partial charge in [-0.05, 0) is 25.2 Å². The Morgan fingerprint density at radius 2 is 1.72 bits per heavy atom. The summed E-state index contributed by atoms with van der Waals surface area (Å²) < 4.78 is 13.4. The standard InChI is InChI=1S/C9H15FN2O2.C4H10/c1-12(2)7(13)6-11-8(14)9(10)4-3-5-9;1-4(2)3/h3-6H2,1-2H3,(H,11,14);4H,1-3H3. The van der Waals surface area contributed by atoms with Crippen LogP contribution in [0.15, 0.2) is 0 Å². The molecule has 0 atom stereocenters. The number of carbonyl (C=O) groups excluding carboxylic acids is 2. The predicted molar refractivity (Wildman–Crippen MR) is 69.9 cm³/mol. The van der Waals surface area contributed by atoms with Crippen LogP contribution in [0.2, 0.25) is 0 Å². The van der Waals surface area contributed by atoms with Crippen LogP contribution >= 0.6 is 0 Å². The summed E-state index contributed by atoms with van der Waals surface area (Å²) in [4.78, 5) is 23.6. The monoisotopic (exact) mass is 260 g/mol. The number of halogens is 1. The van der Waals surface area contributed by atoms with E-state index in [-0.39, 0.29) is 25.3 Å². The van der Waals surface area contributed by atoms with E-state index in [1.807, 2.05) is 0 Å². The van der Waals surface area contributed by atoms with Crippen molar-refractivity contribution in [2.45, 2.75) is 45.7 Å².